The number of hydrazone groups is 1. The van der Waals surface area contributed by atoms with Gasteiger partial charge in [-0.25, -0.2) is 9.97 Å². The molecular formula is C15H16F3N5OS2. The third-order valence-electron chi connectivity index (χ3n) is 3.16. The average molecular weight is 403 g/mol. The smallest absolute Gasteiger partial charge is 0.300 e. The van der Waals surface area contributed by atoms with E-state index in [1.807, 2.05) is 13.8 Å². The van der Waals surface area contributed by atoms with E-state index in [1.165, 1.54) is 22.7 Å². The average Bonchev–Trinajstić information content (AvgIpc) is 3.11. The van der Waals surface area contributed by atoms with E-state index in [4.69, 9.17) is 0 Å². The number of carbonyl (C=O) groups excluding carboxylic acids is 1. The number of halogens is 3. The Kier molecular flexibility index (Phi) is 6.13. The Morgan fingerprint density at radius 3 is 2.65 bits per heavy atom. The minimum Gasteiger partial charge on any atom is -0.300 e. The summed E-state index contributed by atoms with van der Waals surface area (Å²) >= 11 is 2.72. The van der Waals surface area contributed by atoms with Gasteiger partial charge in [-0.1, -0.05) is 0 Å². The number of nitrogens with zero attached hydrogens (tertiary/aromatic N) is 4. The first-order valence-corrected chi connectivity index (χ1v) is 8.98. The molecule has 0 bridgehead atoms. The molecule has 6 nitrogen and oxygen atoms in total. The van der Waals surface area contributed by atoms with Gasteiger partial charge in [0, 0.05) is 23.9 Å². The number of thiazole rings is 2. The molecular weight excluding hydrogens is 387 g/mol. The number of carbonyl (C=O) groups is 1. The number of hydrogen-bond donors (Lipinski definition) is 1. The zero-order valence-corrected chi connectivity index (χ0v) is 15.8. The number of nitrogens with one attached hydrogen (secondary N) is 1. The van der Waals surface area contributed by atoms with Crippen LogP contribution < -0.4 is 5.32 Å². The number of allylic oxidation sites excluding steroid dienone is 1. The number of amides is 1. The number of aryl methyl sites for hydroxylation is 2. The molecule has 0 aliphatic heterocycles. The van der Waals surface area contributed by atoms with Crippen molar-refractivity contribution >= 4 is 40.4 Å². The normalized spacial score (nSPS) is 12.2. The summed E-state index contributed by atoms with van der Waals surface area (Å²) in [5.74, 6) is -0.554. The zero-order chi connectivity index (χ0) is 19.5. The summed E-state index contributed by atoms with van der Waals surface area (Å²) in [4.78, 5) is 21.6. The summed E-state index contributed by atoms with van der Waals surface area (Å²) in [6.45, 7) is 7.42. The zero-order valence-electron chi connectivity index (χ0n) is 14.2. The lowest BCUT2D eigenvalue weighted by molar-refractivity contribution is -0.117. The topological polar surface area (TPSA) is 70.5 Å². The first kappa shape index (κ1) is 20.0. The van der Waals surface area contributed by atoms with Crippen molar-refractivity contribution < 1.29 is 18.0 Å². The van der Waals surface area contributed by atoms with Crippen LogP contribution in [0.3, 0.4) is 0 Å². The highest BCUT2D eigenvalue weighted by Crippen LogP contribution is 2.32. The molecule has 11 heteroatoms. The number of rotatable bonds is 6. The highest BCUT2D eigenvalue weighted by atomic mass is 32.1. The Labute approximate surface area is 156 Å². The largest absolute Gasteiger partial charge is 0.413 e. The van der Waals surface area contributed by atoms with Crippen LogP contribution in [0.15, 0.2) is 22.3 Å². The molecule has 1 amide bonds. The highest BCUT2D eigenvalue weighted by Gasteiger charge is 2.30. The van der Waals surface area contributed by atoms with Gasteiger partial charge in [-0.05, 0) is 20.8 Å². The molecule has 26 heavy (non-hydrogen) atoms. The molecule has 0 aromatic carbocycles. The van der Waals surface area contributed by atoms with Gasteiger partial charge in [0.2, 0.25) is 5.91 Å². The maximum Gasteiger partial charge on any atom is 0.413 e. The molecule has 2 heterocycles. The monoisotopic (exact) mass is 403 g/mol. The molecule has 140 valence electrons. The van der Waals surface area contributed by atoms with Gasteiger partial charge in [0.25, 0.3) is 0 Å². The van der Waals surface area contributed by atoms with E-state index in [0.29, 0.717) is 10.8 Å². The summed E-state index contributed by atoms with van der Waals surface area (Å²) in [5, 5.41) is 9.82. The minimum atomic E-state index is -4.49. The third-order valence-corrected chi connectivity index (χ3v) is 5.02. The van der Waals surface area contributed by atoms with Crippen LogP contribution in [-0.4, -0.2) is 40.3 Å². The van der Waals surface area contributed by atoms with Gasteiger partial charge >= 0.3 is 6.18 Å². The van der Waals surface area contributed by atoms with E-state index < -0.39 is 24.2 Å². The Morgan fingerprint density at radius 1 is 1.42 bits per heavy atom. The van der Waals surface area contributed by atoms with Gasteiger partial charge in [0.1, 0.15) is 6.54 Å². The molecule has 0 spiro atoms. The Morgan fingerprint density at radius 2 is 2.12 bits per heavy atom. The number of aromatic nitrogens is 2. The van der Waals surface area contributed by atoms with Gasteiger partial charge < -0.3 is 5.32 Å². The lowest BCUT2D eigenvalue weighted by Gasteiger charge is -2.15. The van der Waals surface area contributed by atoms with Crippen LogP contribution in [-0.2, 0) is 4.79 Å². The quantitative estimate of drug-likeness (QED) is 0.580. The third kappa shape index (κ3) is 5.11. The first-order chi connectivity index (χ1) is 12.1. The van der Waals surface area contributed by atoms with Gasteiger partial charge in [-0.3, -0.25) is 9.80 Å². The lowest BCUT2D eigenvalue weighted by Crippen LogP contribution is -2.27. The minimum absolute atomic E-state index is 0.344. The summed E-state index contributed by atoms with van der Waals surface area (Å²) in [6.07, 6.45) is -3.77. The molecule has 0 saturated carbocycles. The molecule has 0 atom stereocenters. The van der Waals surface area contributed by atoms with Crippen molar-refractivity contribution in [3.05, 3.63) is 27.9 Å². The highest BCUT2D eigenvalue weighted by molar-refractivity contribution is 7.16. The van der Waals surface area contributed by atoms with Crippen LogP contribution in [0, 0.1) is 13.8 Å². The van der Waals surface area contributed by atoms with Gasteiger partial charge in [0.15, 0.2) is 5.13 Å². The fourth-order valence-corrected chi connectivity index (χ4v) is 3.62. The lowest BCUT2D eigenvalue weighted by atomic mass is 10.3. The van der Waals surface area contributed by atoms with Crippen molar-refractivity contribution in [2.75, 3.05) is 11.9 Å². The van der Waals surface area contributed by atoms with Crippen molar-refractivity contribution in [3.63, 3.8) is 0 Å². The van der Waals surface area contributed by atoms with Gasteiger partial charge in [0.05, 0.1) is 21.3 Å². The van der Waals surface area contributed by atoms with E-state index in [1.54, 1.807) is 5.38 Å². The van der Waals surface area contributed by atoms with E-state index in [0.717, 1.165) is 33.7 Å². The second kappa shape index (κ2) is 7.96. The molecule has 0 aliphatic rings. The van der Waals surface area contributed by atoms with Crippen LogP contribution in [0.1, 0.15) is 17.6 Å². The molecule has 0 radical (unpaired) electrons. The van der Waals surface area contributed by atoms with Crippen molar-refractivity contribution in [3.8, 4) is 10.6 Å². The molecule has 0 fully saturated rings. The predicted octanol–water partition coefficient (Wildman–Crippen LogP) is 4.21. The fourth-order valence-electron chi connectivity index (χ4n) is 1.94. The van der Waals surface area contributed by atoms with E-state index in [2.05, 4.69) is 27.1 Å². The first-order valence-electron chi connectivity index (χ1n) is 7.29. The van der Waals surface area contributed by atoms with Gasteiger partial charge in [-0.15, -0.1) is 22.7 Å². The predicted molar refractivity (Wildman–Crippen MR) is 97.4 cm³/mol. The SMILES string of the molecule is C=NN(/C=C(\C)C(F)(F)F)CC(=O)Nc1nc(-c2sc(C)nc2C)cs1. The van der Waals surface area contributed by atoms with Gasteiger partial charge in [-0.2, -0.15) is 18.3 Å². The Bertz CT molecular complexity index is 841. The maximum atomic E-state index is 12.6. The van der Waals surface area contributed by atoms with Crippen molar-refractivity contribution in [2.24, 2.45) is 5.10 Å². The standard InChI is InChI=1S/C15H16F3N5OS2/c1-8(15(16,17)18)5-23(19-4)6-12(24)22-14-21-11(7-25-14)13-9(2)20-10(3)26-13/h5,7H,4,6H2,1-3H3,(H,21,22,24)/b8-5+. The van der Waals surface area contributed by atoms with E-state index >= 15 is 0 Å². The molecule has 0 aliphatic carbocycles. The molecule has 0 unspecified atom stereocenters. The number of anilines is 1. The molecule has 2 aromatic rings. The Balaban J connectivity index is 2.04. The van der Waals surface area contributed by atoms with Crippen LogP contribution in [0.2, 0.25) is 0 Å². The number of alkyl halides is 3. The summed E-state index contributed by atoms with van der Waals surface area (Å²) in [7, 11) is 0. The van der Waals surface area contributed by atoms with Crippen molar-refractivity contribution in [2.45, 2.75) is 26.9 Å². The molecule has 2 rings (SSSR count). The summed E-state index contributed by atoms with van der Waals surface area (Å²) < 4.78 is 37.7. The van der Waals surface area contributed by atoms with E-state index in [-0.39, 0.29) is 0 Å². The number of hydrogen-bond acceptors (Lipinski definition) is 7. The van der Waals surface area contributed by atoms with Crippen LogP contribution in [0.5, 0.6) is 0 Å². The fraction of sp³-hybridized carbons (Fsp3) is 0.333. The van der Waals surface area contributed by atoms with Crippen molar-refractivity contribution in [1.82, 2.24) is 15.0 Å². The van der Waals surface area contributed by atoms with Crippen LogP contribution in [0.4, 0.5) is 18.3 Å². The van der Waals surface area contributed by atoms with Crippen LogP contribution in [0.25, 0.3) is 10.6 Å². The molecule has 2 aromatic heterocycles. The molecule has 1 N–H and O–H groups in total. The summed E-state index contributed by atoms with van der Waals surface area (Å²) in [6, 6.07) is 0. The van der Waals surface area contributed by atoms with Crippen LogP contribution >= 0.6 is 22.7 Å². The maximum absolute atomic E-state index is 12.6. The molecule has 0 saturated heterocycles. The second-order valence-electron chi connectivity index (χ2n) is 5.28. The van der Waals surface area contributed by atoms with Crippen molar-refractivity contribution in [1.29, 1.82) is 0 Å². The van der Waals surface area contributed by atoms with E-state index in [9.17, 15) is 18.0 Å². The second-order valence-corrected chi connectivity index (χ2v) is 7.34. The Hall–Kier alpha value is -2.27. The summed E-state index contributed by atoms with van der Waals surface area (Å²) in [5.41, 5.74) is 0.663.